The molecular formula is C16H13NO2. The molecule has 0 aliphatic rings. The number of hydrogen-bond acceptors (Lipinski definition) is 1. The summed E-state index contributed by atoms with van der Waals surface area (Å²) in [5.74, 6) is -0.903. The summed E-state index contributed by atoms with van der Waals surface area (Å²) in [5.41, 5.74) is 4.48. The summed E-state index contributed by atoms with van der Waals surface area (Å²) in [6.45, 7) is 2.05. The van der Waals surface area contributed by atoms with Crippen LogP contribution in [-0.4, -0.2) is 15.5 Å². The van der Waals surface area contributed by atoms with E-state index < -0.39 is 5.97 Å². The van der Waals surface area contributed by atoms with Gasteiger partial charge in [0.1, 0.15) is 0 Å². The van der Waals surface area contributed by atoms with Gasteiger partial charge >= 0.3 is 5.97 Å². The lowest BCUT2D eigenvalue weighted by Gasteiger charge is -2.08. The van der Waals surface area contributed by atoms with Crippen LogP contribution in [0.2, 0.25) is 0 Å². The Morgan fingerprint density at radius 2 is 1.89 bits per heavy atom. The molecule has 2 heterocycles. The molecule has 0 aliphatic heterocycles. The second-order valence-electron chi connectivity index (χ2n) is 4.55. The summed E-state index contributed by atoms with van der Waals surface area (Å²) in [4.78, 5) is 11.1. The number of benzene rings is 1. The number of carbonyl (C=O) groups is 1. The van der Waals surface area contributed by atoms with Crippen LogP contribution in [0.25, 0.3) is 16.8 Å². The number of aromatic carboxylic acids is 1. The predicted molar refractivity (Wildman–Crippen MR) is 74.5 cm³/mol. The van der Waals surface area contributed by atoms with E-state index in [1.165, 1.54) is 5.56 Å². The van der Waals surface area contributed by atoms with Crippen LogP contribution in [0.3, 0.4) is 0 Å². The van der Waals surface area contributed by atoms with Gasteiger partial charge in [-0.1, -0.05) is 30.3 Å². The number of hydrogen-bond donors (Lipinski definition) is 1. The van der Waals surface area contributed by atoms with Crippen molar-refractivity contribution in [2.24, 2.45) is 0 Å². The minimum Gasteiger partial charge on any atom is -0.478 e. The highest BCUT2D eigenvalue weighted by molar-refractivity contribution is 5.90. The summed E-state index contributed by atoms with van der Waals surface area (Å²) in [5, 5.41) is 9.09. The molecule has 3 aromatic rings. The number of pyridine rings is 1. The van der Waals surface area contributed by atoms with Gasteiger partial charge in [-0.15, -0.1) is 0 Å². The Hall–Kier alpha value is -2.55. The van der Waals surface area contributed by atoms with E-state index in [2.05, 4.69) is 13.0 Å². The first-order valence-corrected chi connectivity index (χ1v) is 6.07. The summed E-state index contributed by atoms with van der Waals surface area (Å²) >= 11 is 0. The lowest BCUT2D eigenvalue weighted by molar-refractivity contribution is 0.0697. The van der Waals surface area contributed by atoms with Crippen LogP contribution < -0.4 is 0 Å². The first-order valence-electron chi connectivity index (χ1n) is 6.07. The molecule has 0 unspecified atom stereocenters. The van der Waals surface area contributed by atoms with Gasteiger partial charge in [0.25, 0.3) is 0 Å². The Kier molecular flexibility index (Phi) is 2.60. The molecule has 0 saturated heterocycles. The Balaban J connectivity index is 2.30. The average Bonchev–Trinajstić information content (AvgIpc) is 2.83. The van der Waals surface area contributed by atoms with E-state index in [1.807, 2.05) is 40.8 Å². The number of rotatable bonds is 2. The van der Waals surface area contributed by atoms with Gasteiger partial charge in [0.05, 0.1) is 11.3 Å². The van der Waals surface area contributed by atoms with E-state index >= 15 is 0 Å². The number of aryl methyl sites for hydroxylation is 1. The van der Waals surface area contributed by atoms with Gasteiger partial charge in [-0.05, 0) is 30.7 Å². The maximum absolute atomic E-state index is 11.1. The first kappa shape index (κ1) is 11.5. The number of carboxylic acids is 1. The zero-order valence-corrected chi connectivity index (χ0v) is 10.5. The van der Waals surface area contributed by atoms with Crippen molar-refractivity contribution >= 4 is 11.5 Å². The Labute approximate surface area is 110 Å². The molecule has 1 aromatic carbocycles. The molecule has 0 bridgehead atoms. The summed E-state index contributed by atoms with van der Waals surface area (Å²) in [6.07, 6.45) is 1.67. The molecule has 0 atom stereocenters. The zero-order chi connectivity index (χ0) is 13.4. The fourth-order valence-electron chi connectivity index (χ4n) is 2.33. The van der Waals surface area contributed by atoms with Gasteiger partial charge in [0.2, 0.25) is 0 Å². The van der Waals surface area contributed by atoms with Gasteiger partial charge < -0.3 is 9.51 Å². The maximum atomic E-state index is 11.1. The number of nitrogens with zero attached hydrogens (tertiary/aromatic N) is 1. The summed E-state index contributed by atoms with van der Waals surface area (Å²) in [7, 11) is 0. The lowest BCUT2D eigenvalue weighted by Crippen LogP contribution is -1.94. The largest absolute Gasteiger partial charge is 0.478 e. The Morgan fingerprint density at radius 1 is 1.11 bits per heavy atom. The maximum Gasteiger partial charge on any atom is 0.337 e. The second-order valence-corrected chi connectivity index (χ2v) is 4.55. The molecule has 1 N–H and O–H groups in total. The molecule has 0 amide bonds. The molecule has 0 aliphatic carbocycles. The van der Waals surface area contributed by atoms with Crippen LogP contribution in [0.1, 0.15) is 15.9 Å². The zero-order valence-electron chi connectivity index (χ0n) is 10.5. The topological polar surface area (TPSA) is 41.7 Å². The number of aromatic nitrogens is 1. The van der Waals surface area contributed by atoms with Crippen molar-refractivity contribution in [1.82, 2.24) is 4.40 Å². The van der Waals surface area contributed by atoms with E-state index in [4.69, 9.17) is 5.11 Å². The highest BCUT2D eigenvalue weighted by Gasteiger charge is 2.10. The SMILES string of the molecule is Cc1ccccc1-c1cccc2cc(C(=O)O)cn12. The highest BCUT2D eigenvalue weighted by Crippen LogP contribution is 2.25. The molecule has 2 aromatic heterocycles. The number of carboxylic acid groups (broad SMARTS) is 1. The smallest absolute Gasteiger partial charge is 0.337 e. The monoisotopic (exact) mass is 251 g/mol. The summed E-state index contributed by atoms with van der Waals surface area (Å²) in [6, 6.07) is 15.6. The van der Waals surface area contributed by atoms with Crippen molar-refractivity contribution in [2.45, 2.75) is 6.92 Å². The van der Waals surface area contributed by atoms with Crippen molar-refractivity contribution < 1.29 is 9.90 Å². The molecule has 94 valence electrons. The number of fused-ring (bicyclic) bond motifs is 1. The molecule has 3 rings (SSSR count). The van der Waals surface area contributed by atoms with Crippen molar-refractivity contribution in [3.63, 3.8) is 0 Å². The van der Waals surface area contributed by atoms with Gasteiger partial charge in [-0.2, -0.15) is 0 Å². The highest BCUT2D eigenvalue weighted by atomic mass is 16.4. The average molecular weight is 251 g/mol. The van der Waals surface area contributed by atoms with Crippen molar-refractivity contribution in [1.29, 1.82) is 0 Å². The Bertz CT molecular complexity index is 771. The normalized spacial score (nSPS) is 10.8. The third kappa shape index (κ3) is 1.89. The van der Waals surface area contributed by atoms with E-state index in [0.717, 1.165) is 16.8 Å². The van der Waals surface area contributed by atoms with Gasteiger partial charge in [0, 0.05) is 17.3 Å². The van der Waals surface area contributed by atoms with Crippen molar-refractivity contribution in [3.8, 4) is 11.3 Å². The summed E-state index contributed by atoms with van der Waals surface area (Å²) < 4.78 is 1.92. The molecule has 3 nitrogen and oxygen atoms in total. The van der Waals surface area contributed by atoms with E-state index in [0.29, 0.717) is 5.56 Å². The van der Waals surface area contributed by atoms with Crippen LogP contribution in [0.15, 0.2) is 54.7 Å². The molecule has 0 radical (unpaired) electrons. The van der Waals surface area contributed by atoms with E-state index in [9.17, 15) is 4.79 Å². The van der Waals surface area contributed by atoms with Crippen LogP contribution >= 0.6 is 0 Å². The standard InChI is InChI=1S/C16H13NO2/c1-11-5-2-3-7-14(11)15-8-4-6-13-9-12(16(18)19)10-17(13)15/h2-10H,1H3,(H,18,19). The van der Waals surface area contributed by atoms with Crippen molar-refractivity contribution in [2.75, 3.05) is 0 Å². The third-order valence-corrected chi connectivity index (χ3v) is 3.30. The quantitative estimate of drug-likeness (QED) is 0.756. The van der Waals surface area contributed by atoms with E-state index in [1.54, 1.807) is 12.3 Å². The molecule has 0 spiro atoms. The molecular weight excluding hydrogens is 238 g/mol. The third-order valence-electron chi connectivity index (χ3n) is 3.30. The molecule has 19 heavy (non-hydrogen) atoms. The minimum absolute atomic E-state index is 0.307. The molecule has 0 fully saturated rings. The van der Waals surface area contributed by atoms with Gasteiger partial charge in [0.15, 0.2) is 0 Å². The second kappa shape index (κ2) is 4.28. The van der Waals surface area contributed by atoms with Crippen LogP contribution in [0.5, 0.6) is 0 Å². The predicted octanol–water partition coefficient (Wildman–Crippen LogP) is 3.61. The van der Waals surface area contributed by atoms with Crippen molar-refractivity contribution in [3.05, 3.63) is 65.9 Å². The fraction of sp³-hybridized carbons (Fsp3) is 0.0625. The molecule has 0 saturated carbocycles. The van der Waals surface area contributed by atoms with E-state index in [-0.39, 0.29) is 0 Å². The first-order chi connectivity index (χ1) is 9.16. The fourth-order valence-corrected chi connectivity index (χ4v) is 2.33. The lowest BCUT2D eigenvalue weighted by atomic mass is 10.1. The van der Waals surface area contributed by atoms with Crippen LogP contribution in [-0.2, 0) is 0 Å². The van der Waals surface area contributed by atoms with Gasteiger partial charge in [-0.25, -0.2) is 4.79 Å². The van der Waals surface area contributed by atoms with Crippen LogP contribution in [0, 0.1) is 6.92 Å². The minimum atomic E-state index is -0.903. The van der Waals surface area contributed by atoms with Gasteiger partial charge in [-0.3, -0.25) is 0 Å². The molecule has 3 heteroatoms. The van der Waals surface area contributed by atoms with Crippen LogP contribution in [0.4, 0.5) is 0 Å². The Morgan fingerprint density at radius 3 is 2.63 bits per heavy atom.